The first-order valence-corrected chi connectivity index (χ1v) is 8.00. The van der Waals surface area contributed by atoms with Gasteiger partial charge in [0.2, 0.25) is 0 Å². The zero-order valence-electron chi connectivity index (χ0n) is 13.2. The molecule has 0 atom stereocenters. The van der Waals surface area contributed by atoms with Crippen molar-refractivity contribution < 1.29 is 14.3 Å². The first-order valence-electron chi connectivity index (χ1n) is 7.19. The van der Waals surface area contributed by atoms with E-state index in [-0.39, 0.29) is 10.8 Å². The number of nitrogens with zero attached hydrogens (tertiary/aromatic N) is 1. The molecule has 0 fully saturated rings. The van der Waals surface area contributed by atoms with E-state index >= 15 is 0 Å². The van der Waals surface area contributed by atoms with Gasteiger partial charge in [-0.05, 0) is 31.5 Å². The Morgan fingerprint density at radius 3 is 2.70 bits per heavy atom. The van der Waals surface area contributed by atoms with Gasteiger partial charge in [-0.3, -0.25) is 9.59 Å². The second-order valence-electron chi connectivity index (χ2n) is 5.01. The molecular weight excluding hydrogens is 316 g/mol. The Hall–Kier alpha value is -2.41. The number of carbonyl (C=O) groups is 2. The highest BCUT2D eigenvalue weighted by Gasteiger charge is 2.16. The number of ether oxygens (including phenoxy) is 1. The fraction of sp³-hybridized carbons (Fsp3) is 0.312. The minimum absolute atomic E-state index is 0.190. The topological polar surface area (TPSA) is 77.4 Å². The highest BCUT2D eigenvalue weighted by atomic mass is 32.1. The van der Waals surface area contributed by atoms with E-state index in [0.717, 1.165) is 17.8 Å². The highest BCUT2D eigenvalue weighted by molar-refractivity contribution is 7.11. The third-order valence-electron chi connectivity index (χ3n) is 3.29. The number of aromatic nitrogens is 1. The van der Waals surface area contributed by atoms with Crippen molar-refractivity contribution in [2.75, 3.05) is 11.9 Å². The molecule has 0 aliphatic heterocycles. The zero-order valence-corrected chi connectivity index (χ0v) is 14.0. The summed E-state index contributed by atoms with van der Waals surface area (Å²) in [7, 11) is 1.62. The predicted octanol–water partition coefficient (Wildman–Crippen LogP) is 2.57. The van der Waals surface area contributed by atoms with E-state index in [9.17, 15) is 14.4 Å². The lowest BCUT2D eigenvalue weighted by molar-refractivity contribution is 0.0505. The van der Waals surface area contributed by atoms with Crippen molar-refractivity contribution in [1.82, 2.24) is 4.57 Å². The number of benzene rings is 1. The molecule has 2 aromatic rings. The van der Waals surface area contributed by atoms with E-state index in [2.05, 4.69) is 5.32 Å². The summed E-state index contributed by atoms with van der Waals surface area (Å²) in [6, 6.07) is 6.52. The van der Waals surface area contributed by atoms with E-state index in [1.807, 2.05) is 6.92 Å². The molecule has 0 unspecified atom stereocenters. The maximum atomic E-state index is 12.3. The third kappa shape index (κ3) is 3.87. The number of thiazole rings is 1. The molecule has 7 heteroatoms. The summed E-state index contributed by atoms with van der Waals surface area (Å²) >= 11 is 0.894. The Balaban J connectivity index is 2.17. The SMILES string of the molecule is CCCOC(=O)c1cccc(NC(=O)c2sc(=O)n(C)c2C)c1. The zero-order chi connectivity index (χ0) is 17.0. The van der Waals surface area contributed by atoms with Crippen molar-refractivity contribution >= 4 is 28.9 Å². The Morgan fingerprint density at radius 1 is 1.35 bits per heavy atom. The first-order chi connectivity index (χ1) is 10.9. The molecule has 1 heterocycles. The summed E-state index contributed by atoms with van der Waals surface area (Å²) in [5, 5.41) is 2.70. The van der Waals surface area contributed by atoms with Crippen LogP contribution in [0.3, 0.4) is 0 Å². The molecule has 0 aliphatic carbocycles. The number of amides is 1. The summed E-state index contributed by atoms with van der Waals surface area (Å²) in [6.07, 6.45) is 0.744. The monoisotopic (exact) mass is 334 g/mol. The average Bonchev–Trinajstić information content (AvgIpc) is 2.80. The third-order valence-corrected chi connectivity index (χ3v) is 4.43. The number of esters is 1. The lowest BCUT2D eigenvalue weighted by Gasteiger charge is -2.07. The van der Waals surface area contributed by atoms with Crippen molar-refractivity contribution in [2.45, 2.75) is 20.3 Å². The van der Waals surface area contributed by atoms with E-state index in [4.69, 9.17) is 4.74 Å². The molecule has 1 amide bonds. The van der Waals surface area contributed by atoms with Crippen LogP contribution in [0, 0.1) is 6.92 Å². The van der Waals surface area contributed by atoms with Gasteiger partial charge in [0.15, 0.2) is 0 Å². The van der Waals surface area contributed by atoms with Gasteiger partial charge in [-0.25, -0.2) is 4.79 Å². The maximum absolute atomic E-state index is 12.3. The summed E-state index contributed by atoms with van der Waals surface area (Å²) < 4.78 is 6.49. The van der Waals surface area contributed by atoms with Crippen LogP contribution < -0.4 is 10.2 Å². The van der Waals surface area contributed by atoms with Crippen LogP contribution in [0.2, 0.25) is 0 Å². The number of hydrogen-bond donors (Lipinski definition) is 1. The van der Waals surface area contributed by atoms with E-state index in [0.29, 0.717) is 28.4 Å². The Labute approximate surface area is 137 Å². The molecule has 0 aliphatic rings. The van der Waals surface area contributed by atoms with Crippen LogP contribution in [0.15, 0.2) is 29.1 Å². The predicted molar refractivity (Wildman–Crippen MR) is 89.3 cm³/mol. The summed E-state index contributed by atoms with van der Waals surface area (Å²) in [6.45, 7) is 3.98. The molecule has 1 aromatic heterocycles. The lowest BCUT2D eigenvalue weighted by atomic mass is 10.2. The molecule has 2 rings (SSSR count). The van der Waals surface area contributed by atoms with E-state index < -0.39 is 5.97 Å². The van der Waals surface area contributed by atoms with Crippen LogP contribution in [0.1, 0.15) is 39.1 Å². The van der Waals surface area contributed by atoms with Crippen molar-refractivity contribution in [3.63, 3.8) is 0 Å². The smallest absolute Gasteiger partial charge is 0.338 e. The van der Waals surface area contributed by atoms with Gasteiger partial charge in [-0.2, -0.15) is 0 Å². The van der Waals surface area contributed by atoms with Gasteiger partial charge >= 0.3 is 10.8 Å². The van der Waals surface area contributed by atoms with Crippen LogP contribution in [0.4, 0.5) is 5.69 Å². The molecule has 1 aromatic carbocycles. The summed E-state index contributed by atoms with van der Waals surface area (Å²) in [4.78, 5) is 35.9. The Morgan fingerprint density at radius 2 is 2.09 bits per heavy atom. The Kier molecular flexibility index (Phi) is 5.33. The summed E-state index contributed by atoms with van der Waals surface area (Å²) in [5.41, 5.74) is 1.45. The molecule has 0 bridgehead atoms. The molecule has 6 nitrogen and oxygen atoms in total. The Bertz CT molecular complexity index is 792. The van der Waals surface area contributed by atoms with Crippen molar-refractivity contribution in [1.29, 1.82) is 0 Å². The van der Waals surface area contributed by atoms with Crippen LogP contribution in [-0.4, -0.2) is 23.1 Å². The normalized spacial score (nSPS) is 10.4. The van der Waals surface area contributed by atoms with Crippen LogP contribution in [0.5, 0.6) is 0 Å². The van der Waals surface area contributed by atoms with Crippen LogP contribution >= 0.6 is 11.3 Å². The largest absolute Gasteiger partial charge is 0.462 e. The van der Waals surface area contributed by atoms with Gasteiger partial charge in [-0.1, -0.05) is 24.3 Å². The molecular formula is C16H18N2O4S. The molecule has 1 N–H and O–H groups in total. The lowest BCUT2D eigenvalue weighted by Crippen LogP contribution is -2.13. The molecule has 0 radical (unpaired) electrons. The van der Waals surface area contributed by atoms with Crippen molar-refractivity contribution in [2.24, 2.45) is 7.05 Å². The molecule has 0 spiro atoms. The second kappa shape index (κ2) is 7.23. The number of anilines is 1. The number of hydrogen-bond acceptors (Lipinski definition) is 5. The number of carbonyl (C=O) groups excluding carboxylic acids is 2. The van der Waals surface area contributed by atoms with E-state index in [1.165, 1.54) is 4.57 Å². The van der Waals surface area contributed by atoms with E-state index in [1.54, 1.807) is 38.2 Å². The highest BCUT2D eigenvalue weighted by Crippen LogP contribution is 2.16. The quantitative estimate of drug-likeness (QED) is 0.853. The molecule has 0 saturated carbocycles. The molecule has 23 heavy (non-hydrogen) atoms. The fourth-order valence-electron chi connectivity index (χ4n) is 1.92. The van der Waals surface area contributed by atoms with Crippen molar-refractivity contribution in [3.8, 4) is 0 Å². The minimum atomic E-state index is -0.427. The van der Waals surface area contributed by atoms with Gasteiger partial charge in [0.05, 0.1) is 12.2 Å². The second-order valence-corrected chi connectivity index (χ2v) is 5.97. The van der Waals surface area contributed by atoms with Gasteiger partial charge in [0.1, 0.15) is 4.88 Å². The minimum Gasteiger partial charge on any atom is -0.462 e. The molecule has 122 valence electrons. The van der Waals surface area contributed by atoms with Gasteiger partial charge in [0, 0.05) is 18.4 Å². The van der Waals surface area contributed by atoms with Crippen LogP contribution in [-0.2, 0) is 11.8 Å². The van der Waals surface area contributed by atoms with Crippen LogP contribution in [0.25, 0.3) is 0 Å². The number of rotatable bonds is 5. The maximum Gasteiger partial charge on any atom is 0.338 e. The van der Waals surface area contributed by atoms with Gasteiger partial charge < -0.3 is 14.6 Å². The average molecular weight is 334 g/mol. The van der Waals surface area contributed by atoms with Crippen molar-refractivity contribution in [3.05, 3.63) is 50.1 Å². The standard InChI is InChI=1S/C16H18N2O4S/c1-4-8-22-15(20)11-6-5-7-12(9-11)17-14(19)13-10(2)18(3)16(21)23-13/h5-7,9H,4,8H2,1-3H3,(H,17,19). The summed E-state index contributed by atoms with van der Waals surface area (Å²) in [5.74, 6) is -0.798. The molecule has 0 saturated heterocycles. The van der Waals surface area contributed by atoms with Gasteiger partial charge in [0.25, 0.3) is 5.91 Å². The van der Waals surface area contributed by atoms with Gasteiger partial charge in [-0.15, -0.1) is 0 Å². The fourth-order valence-corrected chi connectivity index (χ4v) is 2.80. The first kappa shape index (κ1) is 17.0. The number of nitrogens with one attached hydrogen (secondary N) is 1.